The van der Waals surface area contributed by atoms with E-state index < -0.39 is 5.60 Å². The van der Waals surface area contributed by atoms with E-state index in [0.29, 0.717) is 5.78 Å². The third-order valence-electron chi connectivity index (χ3n) is 3.53. The summed E-state index contributed by atoms with van der Waals surface area (Å²) in [5, 5.41) is 2.88. The molecule has 1 unspecified atom stereocenters. The molecule has 0 aromatic carbocycles. The number of alkyl carbamates (subject to hydrolysis) is 1. The Kier molecular flexibility index (Phi) is 3.15. The van der Waals surface area contributed by atoms with Crippen molar-refractivity contribution in [3.8, 4) is 0 Å². The SMILES string of the molecule is CC(C)(C)OC(=O)NC1C[C@H]2CC[C@@H](C1)C2=O. The number of rotatable bonds is 1. The molecular formula is C13H21NO3. The molecule has 2 fully saturated rings. The first-order chi connectivity index (χ1) is 7.85. The van der Waals surface area contributed by atoms with Gasteiger partial charge in [-0.1, -0.05) is 0 Å². The Hall–Kier alpha value is -1.06. The number of carbonyl (C=O) groups is 2. The van der Waals surface area contributed by atoms with Gasteiger partial charge >= 0.3 is 6.09 Å². The maximum absolute atomic E-state index is 11.7. The van der Waals surface area contributed by atoms with Gasteiger partial charge in [-0.2, -0.15) is 0 Å². The molecule has 0 spiro atoms. The Morgan fingerprint density at radius 1 is 1.24 bits per heavy atom. The third-order valence-corrected chi connectivity index (χ3v) is 3.53. The summed E-state index contributed by atoms with van der Waals surface area (Å²) in [6, 6.07) is 0.111. The van der Waals surface area contributed by atoms with Gasteiger partial charge < -0.3 is 10.1 Å². The zero-order valence-corrected chi connectivity index (χ0v) is 10.8. The number of ketones is 1. The Labute approximate surface area is 102 Å². The summed E-state index contributed by atoms with van der Waals surface area (Å²) >= 11 is 0. The minimum absolute atomic E-state index is 0.111. The minimum Gasteiger partial charge on any atom is -0.444 e. The highest BCUT2D eigenvalue weighted by atomic mass is 16.6. The van der Waals surface area contributed by atoms with Crippen molar-refractivity contribution in [2.45, 2.75) is 58.1 Å². The lowest BCUT2D eigenvalue weighted by atomic mass is 9.84. The zero-order valence-electron chi connectivity index (χ0n) is 10.8. The topological polar surface area (TPSA) is 55.4 Å². The van der Waals surface area contributed by atoms with Gasteiger partial charge in [-0.15, -0.1) is 0 Å². The van der Waals surface area contributed by atoms with Crippen LogP contribution in [0.4, 0.5) is 4.79 Å². The van der Waals surface area contributed by atoms with Crippen molar-refractivity contribution in [1.29, 1.82) is 0 Å². The quantitative estimate of drug-likeness (QED) is 0.763. The van der Waals surface area contributed by atoms with E-state index in [-0.39, 0.29) is 24.0 Å². The predicted octanol–water partition coefficient (Wildman–Crippen LogP) is 2.27. The van der Waals surface area contributed by atoms with Crippen molar-refractivity contribution in [3.05, 3.63) is 0 Å². The molecule has 4 nitrogen and oxygen atoms in total. The lowest BCUT2D eigenvalue weighted by Crippen LogP contribution is -2.44. The first-order valence-corrected chi connectivity index (χ1v) is 6.38. The van der Waals surface area contributed by atoms with Crippen LogP contribution in [0.2, 0.25) is 0 Å². The molecule has 2 saturated carbocycles. The van der Waals surface area contributed by atoms with Crippen LogP contribution in [-0.4, -0.2) is 23.5 Å². The van der Waals surface area contributed by atoms with Crippen molar-refractivity contribution in [2.24, 2.45) is 11.8 Å². The molecule has 0 saturated heterocycles. The molecule has 96 valence electrons. The summed E-state index contributed by atoms with van der Waals surface area (Å²) in [5.41, 5.74) is -0.465. The summed E-state index contributed by atoms with van der Waals surface area (Å²) in [7, 11) is 0. The third kappa shape index (κ3) is 2.99. The van der Waals surface area contributed by atoms with Gasteiger partial charge in [0.05, 0.1) is 0 Å². The van der Waals surface area contributed by atoms with E-state index in [1.807, 2.05) is 20.8 Å². The van der Waals surface area contributed by atoms with Gasteiger partial charge in [-0.05, 0) is 46.5 Å². The van der Waals surface area contributed by atoms with Crippen LogP contribution in [0, 0.1) is 11.8 Å². The molecule has 0 aliphatic heterocycles. The van der Waals surface area contributed by atoms with Gasteiger partial charge in [0.1, 0.15) is 11.4 Å². The fourth-order valence-corrected chi connectivity index (χ4v) is 2.86. The predicted molar refractivity (Wildman–Crippen MR) is 63.6 cm³/mol. The van der Waals surface area contributed by atoms with Crippen LogP contribution in [0.3, 0.4) is 0 Å². The van der Waals surface area contributed by atoms with E-state index in [1.165, 1.54) is 0 Å². The second-order valence-corrected chi connectivity index (χ2v) is 6.19. The number of fused-ring (bicyclic) bond motifs is 2. The average molecular weight is 239 g/mol. The molecular weight excluding hydrogens is 218 g/mol. The molecule has 0 radical (unpaired) electrons. The highest BCUT2D eigenvalue weighted by molar-refractivity contribution is 5.86. The van der Waals surface area contributed by atoms with Crippen molar-refractivity contribution in [2.75, 3.05) is 0 Å². The van der Waals surface area contributed by atoms with Crippen molar-refractivity contribution < 1.29 is 14.3 Å². The van der Waals surface area contributed by atoms with Crippen molar-refractivity contribution in [1.82, 2.24) is 5.32 Å². The van der Waals surface area contributed by atoms with E-state index >= 15 is 0 Å². The van der Waals surface area contributed by atoms with E-state index in [9.17, 15) is 9.59 Å². The van der Waals surface area contributed by atoms with Crippen LogP contribution in [-0.2, 0) is 9.53 Å². The Morgan fingerprint density at radius 2 is 1.76 bits per heavy atom. The van der Waals surface area contributed by atoms with Crippen LogP contribution in [0.5, 0.6) is 0 Å². The highest BCUT2D eigenvalue weighted by Crippen LogP contribution is 2.39. The van der Waals surface area contributed by atoms with Gasteiger partial charge in [-0.25, -0.2) is 4.79 Å². The normalized spacial score (nSPS) is 32.4. The number of carbonyl (C=O) groups excluding carboxylic acids is 2. The van der Waals surface area contributed by atoms with Crippen LogP contribution in [0.15, 0.2) is 0 Å². The molecule has 4 heteroatoms. The highest BCUT2D eigenvalue weighted by Gasteiger charge is 2.42. The minimum atomic E-state index is -0.465. The molecule has 2 bridgehead atoms. The molecule has 2 aliphatic carbocycles. The Balaban J connectivity index is 1.85. The van der Waals surface area contributed by atoms with Gasteiger partial charge in [0.25, 0.3) is 0 Å². The van der Waals surface area contributed by atoms with Crippen molar-refractivity contribution >= 4 is 11.9 Å². The van der Waals surface area contributed by atoms with E-state index in [0.717, 1.165) is 25.7 Å². The molecule has 0 heterocycles. The Bertz CT molecular complexity index is 316. The second kappa shape index (κ2) is 4.31. The largest absolute Gasteiger partial charge is 0.444 e. The first-order valence-electron chi connectivity index (χ1n) is 6.38. The molecule has 1 amide bonds. The van der Waals surface area contributed by atoms with Gasteiger partial charge in [0.15, 0.2) is 0 Å². The molecule has 0 aromatic heterocycles. The fourth-order valence-electron chi connectivity index (χ4n) is 2.86. The molecule has 0 aromatic rings. The standard InChI is InChI=1S/C13H21NO3/c1-13(2,3)17-12(16)14-10-6-8-4-5-9(7-10)11(8)15/h8-10H,4-7H2,1-3H3,(H,14,16)/t8-,9+,10?. The second-order valence-electron chi connectivity index (χ2n) is 6.19. The number of hydrogen-bond donors (Lipinski definition) is 1. The van der Waals surface area contributed by atoms with Crippen molar-refractivity contribution in [3.63, 3.8) is 0 Å². The van der Waals surface area contributed by atoms with E-state index in [4.69, 9.17) is 4.74 Å². The maximum Gasteiger partial charge on any atom is 0.407 e. The van der Waals surface area contributed by atoms with E-state index in [2.05, 4.69) is 5.32 Å². The lowest BCUT2D eigenvalue weighted by molar-refractivity contribution is -0.126. The van der Waals surface area contributed by atoms with Gasteiger partial charge in [0, 0.05) is 17.9 Å². The van der Waals surface area contributed by atoms with Crippen LogP contribution in [0.25, 0.3) is 0 Å². The number of amides is 1. The summed E-state index contributed by atoms with van der Waals surface area (Å²) in [5.74, 6) is 0.759. The molecule has 2 aliphatic rings. The molecule has 1 N–H and O–H groups in total. The molecule has 17 heavy (non-hydrogen) atoms. The fraction of sp³-hybridized carbons (Fsp3) is 0.846. The first kappa shape index (κ1) is 12.4. The summed E-state index contributed by atoms with van der Waals surface area (Å²) < 4.78 is 5.22. The smallest absolute Gasteiger partial charge is 0.407 e. The van der Waals surface area contributed by atoms with Crippen LogP contribution < -0.4 is 5.32 Å². The number of Topliss-reactive ketones (excluding diaryl/α,β-unsaturated/α-hetero) is 1. The summed E-state index contributed by atoms with van der Waals surface area (Å²) in [4.78, 5) is 23.3. The number of hydrogen-bond acceptors (Lipinski definition) is 3. The monoisotopic (exact) mass is 239 g/mol. The molecule has 2 rings (SSSR count). The summed E-state index contributed by atoms with van der Waals surface area (Å²) in [6.45, 7) is 5.54. The van der Waals surface area contributed by atoms with Crippen LogP contribution in [0.1, 0.15) is 46.5 Å². The van der Waals surface area contributed by atoms with Crippen LogP contribution >= 0.6 is 0 Å². The Morgan fingerprint density at radius 3 is 2.24 bits per heavy atom. The summed E-state index contributed by atoms with van der Waals surface area (Å²) in [6.07, 6.45) is 3.20. The maximum atomic E-state index is 11.7. The van der Waals surface area contributed by atoms with E-state index in [1.54, 1.807) is 0 Å². The van der Waals surface area contributed by atoms with Gasteiger partial charge in [0.2, 0.25) is 0 Å². The van der Waals surface area contributed by atoms with Gasteiger partial charge in [-0.3, -0.25) is 4.79 Å². The molecule has 3 atom stereocenters. The lowest BCUT2D eigenvalue weighted by Gasteiger charge is -2.28. The number of nitrogens with one attached hydrogen (secondary N) is 1. The zero-order chi connectivity index (χ0) is 12.6. The average Bonchev–Trinajstić information content (AvgIpc) is 2.42. The number of ether oxygens (including phenoxy) is 1.